The van der Waals surface area contributed by atoms with Gasteiger partial charge in [0, 0.05) is 13.1 Å². The molecule has 0 unspecified atom stereocenters. The Labute approximate surface area is 118 Å². The fourth-order valence-electron chi connectivity index (χ4n) is 3.04. The van der Waals surface area contributed by atoms with E-state index in [0.29, 0.717) is 0 Å². The molecule has 1 aromatic rings. The second kappa shape index (κ2) is 6.53. The second-order valence-electron chi connectivity index (χ2n) is 6.18. The highest BCUT2D eigenvalue weighted by Crippen LogP contribution is 2.20. The summed E-state index contributed by atoms with van der Waals surface area (Å²) in [6.07, 6.45) is 2.66. The van der Waals surface area contributed by atoms with Gasteiger partial charge in [0.15, 0.2) is 0 Å². The Bertz CT molecular complexity index is 420. The van der Waals surface area contributed by atoms with Gasteiger partial charge in [-0.15, -0.1) is 0 Å². The van der Waals surface area contributed by atoms with Crippen LogP contribution in [0.25, 0.3) is 0 Å². The maximum absolute atomic E-state index is 3.44. The quantitative estimate of drug-likeness (QED) is 0.895. The average molecular weight is 260 g/mol. The lowest BCUT2D eigenvalue weighted by atomic mass is 9.96. The van der Waals surface area contributed by atoms with E-state index in [2.05, 4.69) is 50.2 Å². The van der Waals surface area contributed by atoms with Crippen LogP contribution in [0.3, 0.4) is 0 Å². The molecule has 0 aromatic heterocycles. The van der Waals surface area contributed by atoms with E-state index in [-0.39, 0.29) is 0 Å². The molecule has 1 aliphatic heterocycles. The summed E-state index contributed by atoms with van der Waals surface area (Å²) in [4.78, 5) is 2.49. The van der Waals surface area contributed by atoms with Crippen molar-refractivity contribution in [2.24, 2.45) is 5.92 Å². The third kappa shape index (κ3) is 3.80. The molecule has 0 atom stereocenters. The average Bonchev–Trinajstić information content (AvgIpc) is 2.41. The van der Waals surface area contributed by atoms with Crippen LogP contribution >= 0.6 is 0 Å². The van der Waals surface area contributed by atoms with Gasteiger partial charge in [-0.2, -0.15) is 0 Å². The summed E-state index contributed by atoms with van der Waals surface area (Å²) in [5.41, 5.74) is 5.81. The number of hydrogen-bond donors (Lipinski definition) is 1. The second-order valence-corrected chi connectivity index (χ2v) is 6.18. The van der Waals surface area contributed by atoms with Crippen molar-refractivity contribution in [3.05, 3.63) is 34.4 Å². The molecule has 0 radical (unpaired) electrons. The van der Waals surface area contributed by atoms with Crippen LogP contribution < -0.4 is 5.32 Å². The standard InChI is InChI=1S/C17H28N2/c1-13-5-6-17(15(3)14(13)2)12-19(4)11-16-7-9-18-10-8-16/h5-6,16,18H,7-12H2,1-4H3. The molecular weight excluding hydrogens is 232 g/mol. The van der Waals surface area contributed by atoms with Crippen LogP contribution in [0.1, 0.15) is 35.1 Å². The molecule has 1 aliphatic rings. The zero-order valence-corrected chi connectivity index (χ0v) is 12.9. The lowest BCUT2D eigenvalue weighted by Crippen LogP contribution is -2.34. The van der Waals surface area contributed by atoms with Gasteiger partial charge in [0.05, 0.1) is 0 Å². The first kappa shape index (κ1) is 14.5. The van der Waals surface area contributed by atoms with Crippen molar-refractivity contribution in [2.75, 3.05) is 26.7 Å². The van der Waals surface area contributed by atoms with Gasteiger partial charge in [0.25, 0.3) is 0 Å². The Kier molecular flexibility index (Phi) is 5.00. The number of aryl methyl sites for hydroxylation is 1. The molecule has 106 valence electrons. The van der Waals surface area contributed by atoms with Crippen molar-refractivity contribution >= 4 is 0 Å². The van der Waals surface area contributed by atoms with Gasteiger partial charge in [-0.3, -0.25) is 0 Å². The van der Waals surface area contributed by atoms with Crippen LogP contribution in [0.5, 0.6) is 0 Å². The Morgan fingerprint density at radius 1 is 1.11 bits per heavy atom. The smallest absolute Gasteiger partial charge is 0.0233 e. The molecule has 0 bridgehead atoms. The first-order valence-corrected chi connectivity index (χ1v) is 7.53. The summed E-state index contributed by atoms with van der Waals surface area (Å²) < 4.78 is 0. The van der Waals surface area contributed by atoms with Crippen molar-refractivity contribution in [1.29, 1.82) is 0 Å². The number of rotatable bonds is 4. The van der Waals surface area contributed by atoms with E-state index in [4.69, 9.17) is 0 Å². The number of benzene rings is 1. The summed E-state index contributed by atoms with van der Waals surface area (Å²) in [5, 5.41) is 3.44. The van der Waals surface area contributed by atoms with Crippen LogP contribution in [-0.4, -0.2) is 31.6 Å². The molecule has 2 rings (SSSR count). The Balaban J connectivity index is 1.94. The molecule has 1 aromatic carbocycles. The molecule has 1 heterocycles. The molecule has 0 spiro atoms. The first-order valence-electron chi connectivity index (χ1n) is 7.53. The summed E-state index contributed by atoms with van der Waals surface area (Å²) in [5.74, 6) is 0.873. The zero-order valence-electron chi connectivity index (χ0n) is 12.9. The molecule has 2 nitrogen and oxygen atoms in total. The van der Waals surface area contributed by atoms with Gasteiger partial charge < -0.3 is 10.2 Å². The fourth-order valence-corrected chi connectivity index (χ4v) is 3.04. The maximum Gasteiger partial charge on any atom is 0.0233 e. The van der Waals surface area contributed by atoms with Gasteiger partial charge >= 0.3 is 0 Å². The number of piperidine rings is 1. The number of nitrogens with one attached hydrogen (secondary N) is 1. The third-order valence-corrected chi connectivity index (χ3v) is 4.64. The Hall–Kier alpha value is -0.860. The van der Waals surface area contributed by atoms with Crippen LogP contribution in [0.15, 0.2) is 12.1 Å². The van der Waals surface area contributed by atoms with E-state index in [1.165, 1.54) is 54.7 Å². The van der Waals surface area contributed by atoms with E-state index in [9.17, 15) is 0 Å². The van der Waals surface area contributed by atoms with Crippen LogP contribution in [0.2, 0.25) is 0 Å². The molecule has 0 amide bonds. The predicted molar refractivity (Wildman–Crippen MR) is 82.6 cm³/mol. The molecular formula is C17H28N2. The molecule has 0 aliphatic carbocycles. The van der Waals surface area contributed by atoms with Crippen molar-refractivity contribution in [3.8, 4) is 0 Å². The van der Waals surface area contributed by atoms with E-state index in [1.54, 1.807) is 0 Å². The van der Waals surface area contributed by atoms with Crippen molar-refractivity contribution in [1.82, 2.24) is 10.2 Å². The lowest BCUT2D eigenvalue weighted by Gasteiger charge is -2.28. The van der Waals surface area contributed by atoms with Crippen LogP contribution in [0.4, 0.5) is 0 Å². The predicted octanol–water partition coefficient (Wildman–Crippen LogP) is 3.04. The molecule has 0 saturated carbocycles. The van der Waals surface area contributed by atoms with Crippen molar-refractivity contribution < 1.29 is 0 Å². The summed E-state index contributed by atoms with van der Waals surface area (Å²) in [6, 6.07) is 4.56. The Morgan fingerprint density at radius 2 is 1.79 bits per heavy atom. The number of hydrogen-bond acceptors (Lipinski definition) is 2. The molecule has 2 heteroatoms. The van der Waals surface area contributed by atoms with E-state index in [1.807, 2.05) is 0 Å². The third-order valence-electron chi connectivity index (χ3n) is 4.64. The van der Waals surface area contributed by atoms with Crippen LogP contribution in [0, 0.1) is 26.7 Å². The summed E-state index contributed by atoms with van der Waals surface area (Å²) in [7, 11) is 2.26. The number of nitrogens with zero attached hydrogens (tertiary/aromatic N) is 1. The topological polar surface area (TPSA) is 15.3 Å². The minimum atomic E-state index is 0.873. The minimum Gasteiger partial charge on any atom is -0.317 e. The maximum atomic E-state index is 3.44. The molecule has 1 fully saturated rings. The van der Waals surface area contributed by atoms with Crippen molar-refractivity contribution in [3.63, 3.8) is 0 Å². The summed E-state index contributed by atoms with van der Waals surface area (Å²) in [6.45, 7) is 11.4. The minimum absolute atomic E-state index is 0.873. The van der Waals surface area contributed by atoms with E-state index >= 15 is 0 Å². The van der Waals surface area contributed by atoms with Gasteiger partial charge in [-0.25, -0.2) is 0 Å². The van der Waals surface area contributed by atoms with Gasteiger partial charge in [0.2, 0.25) is 0 Å². The van der Waals surface area contributed by atoms with Crippen LogP contribution in [-0.2, 0) is 6.54 Å². The van der Waals surface area contributed by atoms with E-state index < -0.39 is 0 Å². The lowest BCUT2D eigenvalue weighted by molar-refractivity contribution is 0.234. The zero-order chi connectivity index (χ0) is 13.8. The largest absolute Gasteiger partial charge is 0.317 e. The monoisotopic (exact) mass is 260 g/mol. The highest BCUT2D eigenvalue weighted by Gasteiger charge is 2.15. The van der Waals surface area contributed by atoms with Gasteiger partial charge in [-0.1, -0.05) is 12.1 Å². The van der Waals surface area contributed by atoms with Gasteiger partial charge in [-0.05, 0) is 81.9 Å². The highest BCUT2D eigenvalue weighted by molar-refractivity contribution is 5.38. The fraction of sp³-hybridized carbons (Fsp3) is 0.647. The summed E-state index contributed by atoms with van der Waals surface area (Å²) >= 11 is 0. The SMILES string of the molecule is Cc1ccc(CN(C)CC2CCNCC2)c(C)c1C. The highest BCUT2D eigenvalue weighted by atomic mass is 15.1. The molecule has 1 saturated heterocycles. The Morgan fingerprint density at radius 3 is 2.47 bits per heavy atom. The first-order chi connectivity index (χ1) is 9.08. The van der Waals surface area contributed by atoms with Crippen molar-refractivity contribution in [2.45, 2.75) is 40.2 Å². The van der Waals surface area contributed by atoms with Gasteiger partial charge in [0.1, 0.15) is 0 Å². The molecule has 1 N–H and O–H groups in total. The normalized spacial score (nSPS) is 17.1. The van der Waals surface area contributed by atoms with E-state index in [0.717, 1.165) is 12.5 Å². The molecule has 19 heavy (non-hydrogen) atoms.